The Kier molecular flexibility index (Phi) is 6.74. The Morgan fingerprint density at radius 2 is 1.96 bits per heavy atom. The first-order valence-electron chi connectivity index (χ1n) is 6.92. The molecular weight excluding hydrogens is 318 g/mol. The van der Waals surface area contributed by atoms with Gasteiger partial charge in [-0.3, -0.25) is 14.3 Å². The highest BCUT2D eigenvalue weighted by atomic mass is 35.5. The molecule has 0 aliphatic heterocycles. The summed E-state index contributed by atoms with van der Waals surface area (Å²) in [5.74, 6) is -0.593. The van der Waals surface area contributed by atoms with Crippen molar-refractivity contribution < 1.29 is 9.59 Å². The summed E-state index contributed by atoms with van der Waals surface area (Å²) in [6.07, 6.45) is 0. The zero-order valence-corrected chi connectivity index (χ0v) is 13.8. The number of para-hydroxylation sites is 1. The molecule has 0 atom stereocenters. The second-order valence-electron chi connectivity index (χ2n) is 4.84. The van der Waals surface area contributed by atoms with Crippen molar-refractivity contribution in [2.45, 2.75) is 6.92 Å². The minimum absolute atomic E-state index is 0. The standard InChI is InChI=1S/C15H19N5O2.ClH/c1-10-9-13(20(2)19-10)15(22)18-12-6-4-3-5-11(12)14(21)17-8-7-16;/h3-6,9H,7-8,16H2,1-2H3,(H,17,21)(H,18,22);1H. The summed E-state index contributed by atoms with van der Waals surface area (Å²) in [6, 6.07) is 8.51. The maximum atomic E-state index is 12.3. The van der Waals surface area contributed by atoms with Gasteiger partial charge >= 0.3 is 0 Å². The van der Waals surface area contributed by atoms with Crippen LogP contribution < -0.4 is 16.4 Å². The molecule has 2 amide bonds. The Labute approximate surface area is 140 Å². The van der Waals surface area contributed by atoms with E-state index >= 15 is 0 Å². The van der Waals surface area contributed by atoms with E-state index in [-0.39, 0.29) is 24.2 Å². The fourth-order valence-corrected chi connectivity index (χ4v) is 2.08. The van der Waals surface area contributed by atoms with Gasteiger partial charge in [0.2, 0.25) is 0 Å². The summed E-state index contributed by atoms with van der Waals surface area (Å²) >= 11 is 0. The van der Waals surface area contributed by atoms with E-state index in [4.69, 9.17) is 5.73 Å². The van der Waals surface area contributed by atoms with Crippen molar-refractivity contribution in [1.82, 2.24) is 15.1 Å². The summed E-state index contributed by atoms with van der Waals surface area (Å²) < 4.78 is 1.50. The van der Waals surface area contributed by atoms with Gasteiger partial charge < -0.3 is 16.4 Å². The highest BCUT2D eigenvalue weighted by Gasteiger charge is 2.16. The Balaban J connectivity index is 0.00000264. The van der Waals surface area contributed by atoms with Crippen LogP contribution in [0.3, 0.4) is 0 Å². The van der Waals surface area contributed by atoms with E-state index in [0.29, 0.717) is 30.0 Å². The van der Waals surface area contributed by atoms with Crippen molar-refractivity contribution in [2.75, 3.05) is 18.4 Å². The average molecular weight is 338 g/mol. The largest absolute Gasteiger partial charge is 0.351 e. The number of carbonyl (C=O) groups excluding carboxylic acids is 2. The predicted octanol–water partition coefficient (Wildman–Crippen LogP) is 1.09. The molecule has 1 aromatic heterocycles. The van der Waals surface area contributed by atoms with Crippen LogP contribution >= 0.6 is 12.4 Å². The van der Waals surface area contributed by atoms with E-state index in [1.807, 2.05) is 6.92 Å². The smallest absolute Gasteiger partial charge is 0.273 e. The van der Waals surface area contributed by atoms with Gasteiger partial charge in [-0.25, -0.2) is 0 Å². The van der Waals surface area contributed by atoms with E-state index < -0.39 is 0 Å². The molecule has 0 fully saturated rings. The maximum Gasteiger partial charge on any atom is 0.273 e. The molecule has 0 radical (unpaired) electrons. The number of nitrogens with zero attached hydrogens (tertiary/aromatic N) is 2. The van der Waals surface area contributed by atoms with Crippen LogP contribution in [0.2, 0.25) is 0 Å². The zero-order valence-electron chi connectivity index (χ0n) is 13.0. The van der Waals surface area contributed by atoms with Crippen LogP contribution in [0.25, 0.3) is 0 Å². The second-order valence-corrected chi connectivity index (χ2v) is 4.84. The molecule has 2 aromatic rings. The van der Waals surface area contributed by atoms with Gasteiger partial charge in [-0.2, -0.15) is 5.10 Å². The minimum Gasteiger partial charge on any atom is -0.351 e. The highest BCUT2D eigenvalue weighted by Crippen LogP contribution is 2.16. The van der Waals surface area contributed by atoms with Gasteiger partial charge in [0.1, 0.15) is 5.69 Å². The molecule has 0 aliphatic rings. The van der Waals surface area contributed by atoms with Crippen LogP contribution in [-0.2, 0) is 7.05 Å². The van der Waals surface area contributed by atoms with E-state index in [1.165, 1.54) is 4.68 Å². The van der Waals surface area contributed by atoms with Crippen LogP contribution in [-0.4, -0.2) is 34.7 Å². The van der Waals surface area contributed by atoms with Crippen molar-refractivity contribution in [3.63, 3.8) is 0 Å². The first kappa shape index (κ1) is 18.7. The van der Waals surface area contributed by atoms with Crippen LogP contribution in [0, 0.1) is 6.92 Å². The Morgan fingerprint density at radius 3 is 2.57 bits per heavy atom. The molecule has 1 heterocycles. The molecule has 1 aromatic carbocycles. The zero-order chi connectivity index (χ0) is 16.1. The summed E-state index contributed by atoms with van der Waals surface area (Å²) in [5.41, 5.74) is 7.39. The maximum absolute atomic E-state index is 12.3. The number of carbonyl (C=O) groups is 2. The van der Waals surface area contributed by atoms with Crippen molar-refractivity contribution in [3.05, 3.63) is 47.3 Å². The second kappa shape index (κ2) is 8.30. The molecule has 0 saturated heterocycles. The lowest BCUT2D eigenvalue weighted by molar-refractivity contribution is 0.0955. The molecule has 2 rings (SSSR count). The summed E-state index contributed by atoms with van der Waals surface area (Å²) in [4.78, 5) is 24.4. The Morgan fingerprint density at radius 1 is 1.26 bits per heavy atom. The number of anilines is 1. The molecule has 124 valence electrons. The normalized spacial score (nSPS) is 9.87. The monoisotopic (exact) mass is 337 g/mol. The average Bonchev–Trinajstić information content (AvgIpc) is 2.84. The first-order chi connectivity index (χ1) is 10.5. The molecule has 7 nitrogen and oxygen atoms in total. The third kappa shape index (κ3) is 4.54. The number of hydrogen-bond donors (Lipinski definition) is 3. The number of benzene rings is 1. The third-order valence-electron chi connectivity index (χ3n) is 3.08. The lowest BCUT2D eigenvalue weighted by atomic mass is 10.1. The van der Waals surface area contributed by atoms with Crippen molar-refractivity contribution in [2.24, 2.45) is 12.8 Å². The topological polar surface area (TPSA) is 102 Å². The molecule has 8 heteroatoms. The van der Waals surface area contributed by atoms with Gasteiger partial charge in [0.05, 0.1) is 16.9 Å². The number of hydrogen-bond acceptors (Lipinski definition) is 4. The van der Waals surface area contributed by atoms with Crippen LogP contribution in [0.15, 0.2) is 30.3 Å². The van der Waals surface area contributed by atoms with E-state index in [1.54, 1.807) is 37.4 Å². The number of rotatable bonds is 5. The van der Waals surface area contributed by atoms with Crippen molar-refractivity contribution in [1.29, 1.82) is 0 Å². The fourth-order valence-electron chi connectivity index (χ4n) is 2.08. The number of halogens is 1. The molecule has 0 bridgehead atoms. The third-order valence-corrected chi connectivity index (χ3v) is 3.08. The Hall–Kier alpha value is -2.38. The molecule has 0 unspecified atom stereocenters. The molecule has 0 aliphatic carbocycles. The van der Waals surface area contributed by atoms with Gasteiger partial charge in [0, 0.05) is 20.1 Å². The number of amides is 2. The number of aryl methyl sites for hydroxylation is 2. The van der Waals surface area contributed by atoms with Crippen LogP contribution in [0.5, 0.6) is 0 Å². The summed E-state index contributed by atoms with van der Waals surface area (Å²) in [7, 11) is 1.70. The van der Waals surface area contributed by atoms with Crippen LogP contribution in [0.4, 0.5) is 5.69 Å². The molecular formula is C15H20ClN5O2. The van der Waals surface area contributed by atoms with Gasteiger partial charge in [0.15, 0.2) is 0 Å². The quantitative estimate of drug-likeness (QED) is 0.760. The summed E-state index contributed by atoms with van der Waals surface area (Å²) in [5, 5.41) is 9.57. The van der Waals surface area contributed by atoms with E-state index in [2.05, 4.69) is 15.7 Å². The molecule has 0 spiro atoms. The van der Waals surface area contributed by atoms with Gasteiger partial charge in [-0.1, -0.05) is 12.1 Å². The van der Waals surface area contributed by atoms with E-state index in [0.717, 1.165) is 5.69 Å². The number of nitrogens with two attached hydrogens (primary N) is 1. The van der Waals surface area contributed by atoms with Crippen molar-refractivity contribution in [3.8, 4) is 0 Å². The first-order valence-corrected chi connectivity index (χ1v) is 6.92. The predicted molar refractivity (Wildman–Crippen MR) is 91.0 cm³/mol. The van der Waals surface area contributed by atoms with Gasteiger partial charge in [-0.05, 0) is 25.1 Å². The summed E-state index contributed by atoms with van der Waals surface area (Å²) in [6.45, 7) is 2.54. The SMILES string of the molecule is Cc1cc(C(=O)Nc2ccccc2C(=O)NCCN)n(C)n1.Cl. The lowest BCUT2D eigenvalue weighted by Crippen LogP contribution is -2.30. The lowest BCUT2D eigenvalue weighted by Gasteiger charge is -2.11. The van der Waals surface area contributed by atoms with Crippen LogP contribution in [0.1, 0.15) is 26.5 Å². The van der Waals surface area contributed by atoms with Gasteiger partial charge in [0.25, 0.3) is 11.8 Å². The molecule has 23 heavy (non-hydrogen) atoms. The Bertz CT molecular complexity index is 699. The van der Waals surface area contributed by atoms with E-state index in [9.17, 15) is 9.59 Å². The minimum atomic E-state index is -0.317. The number of aromatic nitrogens is 2. The van der Waals surface area contributed by atoms with Gasteiger partial charge in [-0.15, -0.1) is 12.4 Å². The fraction of sp³-hybridized carbons (Fsp3) is 0.267. The molecule has 0 saturated carbocycles. The molecule has 4 N–H and O–H groups in total. The highest BCUT2D eigenvalue weighted by molar-refractivity contribution is 6.08. The van der Waals surface area contributed by atoms with Crippen molar-refractivity contribution >= 4 is 29.9 Å². The number of nitrogens with one attached hydrogen (secondary N) is 2.